The number of amides is 1. The highest BCUT2D eigenvalue weighted by Gasteiger charge is 2.34. The summed E-state index contributed by atoms with van der Waals surface area (Å²) in [7, 11) is 0. The van der Waals surface area contributed by atoms with E-state index in [4.69, 9.17) is 15.6 Å². The molecule has 2 atom stereocenters. The summed E-state index contributed by atoms with van der Waals surface area (Å²) in [4.78, 5) is 21.8. The van der Waals surface area contributed by atoms with E-state index >= 15 is 0 Å². The van der Waals surface area contributed by atoms with Crippen molar-refractivity contribution in [1.29, 1.82) is 0 Å². The van der Waals surface area contributed by atoms with E-state index in [1.165, 1.54) is 0 Å². The smallest absolute Gasteiger partial charge is 0.332 e. The molecule has 6 heteroatoms. The predicted molar refractivity (Wildman–Crippen MR) is 47.6 cm³/mol. The van der Waals surface area contributed by atoms with Gasteiger partial charge in [-0.2, -0.15) is 0 Å². The molecule has 1 heterocycles. The molecule has 14 heavy (non-hydrogen) atoms. The first-order valence-electron chi connectivity index (χ1n) is 4.51. The quantitative estimate of drug-likeness (QED) is 0.525. The van der Waals surface area contributed by atoms with Crippen LogP contribution in [0, 0.1) is 0 Å². The molecule has 1 fully saturated rings. The minimum atomic E-state index is -1.01. The van der Waals surface area contributed by atoms with Gasteiger partial charge >= 0.3 is 5.97 Å². The van der Waals surface area contributed by atoms with Gasteiger partial charge in [0, 0.05) is 13.1 Å². The van der Waals surface area contributed by atoms with Gasteiger partial charge in [-0.25, -0.2) is 4.79 Å². The van der Waals surface area contributed by atoms with Crippen molar-refractivity contribution in [2.45, 2.75) is 25.0 Å². The molecule has 0 aromatic rings. The van der Waals surface area contributed by atoms with Gasteiger partial charge < -0.3 is 20.9 Å². The molecule has 2 unspecified atom stereocenters. The highest BCUT2D eigenvalue weighted by atomic mass is 16.5. The summed E-state index contributed by atoms with van der Waals surface area (Å²) >= 11 is 0. The van der Waals surface area contributed by atoms with Crippen LogP contribution in [0.25, 0.3) is 0 Å². The van der Waals surface area contributed by atoms with Crippen LogP contribution in [-0.2, 0) is 14.3 Å². The Balaban J connectivity index is 2.34. The molecule has 1 amide bonds. The number of rotatable bonds is 4. The second-order valence-corrected chi connectivity index (χ2v) is 3.11. The molecular formula is C8H14N2O4. The maximum absolute atomic E-state index is 11.3. The lowest BCUT2D eigenvalue weighted by Crippen LogP contribution is -2.38. The van der Waals surface area contributed by atoms with Gasteiger partial charge in [0.1, 0.15) is 6.10 Å². The Morgan fingerprint density at radius 2 is 2.07 bits per heavy atom. The highest BCUT2D eigenvalue weighted by Crippen LogP contribution is 2.19. The predicted octanol–water partition coefficient (Wildman–Crippen LogP) is -1.31. The first-order valence-corrected chi connectivity index (χ1v) is 4.51. The lowest BCUT2D eigenvalue weighted by Gasteiger charge is -2.10. The Kier molecular flexibility index (Phi) is 3.84. The maximum Gasteiger partial charge on any atom is 0.332 e. The number of nitrogens with one attached hydrogen (secondary N) is 1. The van der Waals surface area contributed by atoms with Crippen molar-refractivity contribution in [1.82, 2.24) is 5.32 Å². The van der Waals surface area contributed by atoms with Crippen molar-refractivity contribution in [2.75, 3.05) is 13.1 Å². The number of aliphatic carboxylic acids is 1. The molecule has 0 radical (unpaired) electrons. The topological polar surface area (TPSA) is 102 Å². The summed E-state index contributed by atoms with van der Waals surface area (Å²) in [6.07, 6.45) is -0.644. The van der Waals surface area contributed by atoms with Crippen LogP contribution >= 0.6 is 0 Å². The van der Waals surface area contributed by atoms with Gasteiger partial charge in [-0.3, -0.25) is 4.79 Å². The van der Waals surface area contributed by atoms with Gasteiger partial charge in [-0.05, 0) is 12.8 Å². The van der Waals surface area contributed by atoms with E-state index in [0.29, 0.717) is 25.9 Å². The Hall–Kier alpha value is -1.14. The second-order valence-electron chi connectivity index (χ2n) is 3.11. The van der Waals surface area contributed by atoms with Crippen molar-refractivity contribution in [3.63, 3.8) is 0 Å². The zero-order valence-electron chi connectivity index (χ0n) is 7.73. The fourth-order valence-corrected chi connectivity index (χ4v) is 1.32. The molecule has 1 aliphatic heterocycles. The van der Waals surface area contributed by atoms with Crippen molar-refractivity contribution in [2.24, 2.45) is 5.73 Å². The zero-order chi connectivity index (χ0) is 10.6. The number of ether oxygens (including phenoxy) is 1. The Bertz CT molecular complexity index is 231. The Morgan fingerprint density at radius 1 is 1.43 bits per heavy atom. The standard InChI is InChI=1S/C8H14N2O4/c9-3-4-10-7(11)5-1-2-6(14-5)8(12)13/h5-6H,1-4,9H2,(H,10,11)(H,12,13). The fraction of sp³-hybridized carbons (Fsp3) is 0.750. The van der Waals surface area contributed by atoms with Gasteiger partial charge in [0.15, 0.2) is 6.10 Å². The summed E-state index contributed by atoms with van der Waals surface area (Å²) in [6, 6.07) is 0. The van der Waals surface area contributed by atoms with Crippen LogP contribution in [-0.4, -0.2) is 42.3 Å². The lowest BCUT2D eigenvalue weighted by atomic mass is 10.2. The van der Waals surface area contributed by atoms with Crippen LogP contribution < -0.4 is 11.1 Å². The van der Waals surface area contributed by atoms with E-state index in [0.717, 1.165) is 0 Å². The summed E-state index contributed by atoms with van der Waals surface area (Å²) in [5, 5.41) is 11.2. The number of nitrogens with two attached hydrogens (primary N) is 1. The first kappa shape index (κ1) is 10.9. The number of carbonyl (C=O) groups excluding carboxylic acids is 1. The van der Waals surface area contributed by atoms with E-state index in [2.05, 4.69) is 5.32 Å². The van der Waals surface area contributed by atoms with Gasteiger partial charge in [0.25, 0.3) is 0 Å². The molecule has 6 nitrogen and oxygen atoms in total. The van der Waals surface area contributed by atoms with Crippen LogP contribution in [0.15, 0.2) is 0 Å². The average molecular weight is 202 g/mol. The molecule has 0 spiro atoms. The van der Waals surface area contributed by atoms with Crippen LogP contribution in [0.2, 0.25) is 0 Å². The minimum Gasteiger partial charge on any atom is -0.479 e. The van der Waals surface area contributed by atoms with Gasteiger partial charge in [-0.1, -0.05) is 0 Å². The number of carboxylic acid groups (broad SMARTS) is 1. The SMILES string of the molecule is NCCNC(=O)C1CCC(C(=O)O)O1. The van der Waals surface area contributed by atoms with E-state index < -0.39 is 18.2 Å². The molecule has 80 valence electrons. The molecule has 0 aromatic carbocycles. The summed E-state index contributed by atoms with van der Waals surface area (Å²) < 4.78 is 5.03. The molecule has 0 aromatic heterocycles. The van der Waals surface area contributed by atoms with Gasteiger partial charge in [0.2, 0.25) is 5.91 Å². The van der Waals surface area contributed by atoms with E-state index in [9.17, 15) is 9.59 Å². The summed E-state index contributed by atoms with van der Waals surface area (Å²) in [5.74, 6) is -1.29. The van der Waals surface area contributed by atoms with Crippen LogP contribution in [0.1, 0.15) is 12.8 Å². The van der Waals surface area contributed by atoms with Crippen molar-refractivity contribution in [3.8, 4) is 0 Å². The number of hydrogen-bond acceptors (Lipinski definition) is 4. The number of carbonyl (C=O) groups is 2. The molecule has 4 N–H and O–H groups in total. The number of hydrogen-bond donors (Lipinski definition) is 3. The maximum atomic E-state index is 11.3. The number of carboxylic acids is 1. The Morgan fingerprint density at radius 3 is 2.57 bits per heavy atom. The molecular weight excluding hydrogens is 188 g/mol. The second kappa shape index (κ2) is 4.92. The third kappa shape index (κ3) is 2.68. The van der Waals surface area contributed by atoms with Gasteiger partial charge in [-0.15, -0.1) is 0 Å². The van der Waals surface area contributed by atoms with E-state index in [-0.39, 0.29) is 5.91 Å². The molecule has 1 saturated heterocycles. The zero-order valence-corrected chi connectivity index (χ0v) is 7.73. The monoisotopic (exact) mass is 202 g/mol. The van der Waals surface area contributed by atoms with Crippen molar-refractivity contribution in [3.05, 3.63) is 0 Å². The van der Waals surface area contributed by atoms with Crippen LogP contribution in [0.4, 0.5) is 0 Å². The van der Waals surface area contributed by atoms with Crippen LogP contribution in [0.5, 0.6) is 0 Å². The molecule has 1 aliphatic rings. The average Bonchev–Trinajstić information content (AvgIpc) is 2.62. The van der Waals surface area contributed by atoms with Crippen LogP contribution in [0.3, 0.4) is 0 Å². The molecule has 1 rings (SSSR count). The first-order chi connectivity index (χ1) is 6.65. The highest BCUT2D eigenvalue weighted by molar-refractivity contribution is 5.82. The third-order valence-electron chi connectivity index (χ3n) is 2.03. The minimum absolute atomic E-state index is 0.279. The summed E-state index contributed by atoms with van der Waals surface area (Å²) in [5.41, 5.74) is 5.20. The normalized spacial score (nSPS) is 26.1. The Labute approximate surface area is 81.4 Å². The van der Waals surface area contributed by atoms with Crippen molar-refractivity contribution < 1.29 is 19.4 Å². The molecule has 0 saturated carbocycles. The molecule has 0 bridgehead atoms. The van der Waals surface area contributed by atoms with E-state index in [1.54, 1.807) is 0 Å². The lowest BCUT2D eigenvalue weighted by molar-refractivity contribution is -0.151. The summed E-state index contributed by atoms with van der Waals surface area (Å²) in [6.45, 7) is 0.747. The van der Waals surface area contributed by atoms with E-state index in [1.807, 2.05) is 0 Å². The largest absolute Gasteiger partial charge is 0.479 e. The fourth-order valence-electron chi connectivity index (χ4n) is 1.32. The van der Waals surface area contributed by atoms with Crippen molar-refractivity contribution >= 4 is 11.9 Å². The third-order valence-corrected chi connectivity index (χ3v) is 2.03. The molecule has 0 aliphatic carbocycles. The van der Waals surface area contributed by atoms with Gasteiger partial charge in [0.05, 0.1) is 0 Å².